The molecule has 0 spiro atoms. The van der Waals surface area contributed by atoms with Crippen LogP contribution in [-0.4, -0.2) is 13.1 Å². The highest BCUT2D eigenvalue weighted by molar-refractivity contribution is 6.33. The third-order valence-corrected chi connectivity index (χ3v) is 5.23. The van der Waals surface area contributed by atoms with E-state index in [4.69, 9.17) is 11.6 Å². The maximum absolute atomic E-state index is 6.38. The van der Waals surface area contributed by atoms with E-state index in [1.54, 1.807) is 0 Å². The first kappa shape index (κ1) is 18.9. The smallest absolute Gasteiger partial charge is 0.0642 e. The topological polar surface area (TPSA) is 3.24 Å². The summed E-state index contributed by atoms with van der Waals surface area (Å²) in [4.78, 5) is 2.40. The van der Waals surface area contributed by atoms with Crippen LogP contribution in [0.2, 0.25) is 5.02 Å². The Morgan fingerprint density at radius 2 is 1.58 bits per heavy atom. The average molecular weight is 344 g/mol. The fourth-order valence-corrected chi connectivity index (χ4v) is 4.06. The van der Waals surface area contributed by atoms with E-state index in [0.29, 0.717) is 5.92 Å². The molecule has 0 saturated carbocycles. The minimum Gasteiger partial charge on any atom is -0.369 e. The molecule has 130 valence electrons. The second kappa shape index (κ2) is 8.07. The summed E-state index contributed by atoms with van der Waals surface area (Å²) in [6.07, 6.45) is 1.12. The van der Waals surface area contributed by atoms with Crippen molar-refractivity contribution < 1.29 is 0 Å². The van der Waals surface area contributed by atoms with Crippen LogP contribution in [0.15, 0.2) is 30.3 Å². The zero-order valence-electron chi connectivity index (χ0n) is 15.9. The third kappa shape index (κ3) is 3.62. The molecule has 3 rings (SSSR count). The standard InChI is InChI=1S/C20H24ClN.C2H6/c1-5-18-14(3)9-16(10-15(18)4)17-11-22(12-17)20-13(2)7-6-8-19(20)21;1-2/h6-10,17H,5,11-12H2,1-4H3;1-2H3. The molecule has 1 saturated heterocycles. The maximum Gasteiger partial charge on any atom is 0.0642 e. The van der Waals surface area contributed by atoms with Gasteiger partial charge in [0, 0.05) is 19.0 Å². The van der Waals surface area contributed by atoms with Gasteiger partial charge in [-0.3, -0.25) is 0 Å². The van der Waals surface area contributed by atoms with Crippen molar-refractivity contribution in [1.82, 2.24) is 0 Å². The molecule has 2 aromatic rings. The summed E-state index contributed by atoms with van der Waals surface area (Å²) in [7, 11) is 0. The molecule has 0 unspecified atom stereocenters. The van der Waals surface area contributed by atoms with Crippen molar-refractivity contribution in [2.75, 3.05) is 18.0 Å². The van der Waals surface area contributed by atoms with Crippen molar-refractivity contribution in [2.45, 2.75) is 53.9 Å². The molecule has 1 aliphatic heterocycles. The molecule has 1 heterocycles. The van der Waals surface area contributed by atoms with Crippen LogP contribution >= 0.6 is 11.6 Å². The van der Waals surface area contributed by atoms with Crippen LogP contribution in [0, 0.1) is 20.8 Å². The number of benzene rings is 2. The average Bonchev–Trinajstić information content (AvgIpc) is 2.50. The summed E-state index contributed by atoms with van der Waals surface area (Å²) in [5.74, 6) is 0.624. The van der Waals surface area contributed by atoms with Gasteiger partial charge in [-0.05, 0) is 61.1 Å². The summed E-state index contributed by atoms with van der Waals surface area (Å²) < 4.78 is 0. The molecule has 0 aromatic heterocycles. The predicted molar refractivity (Wildman–Crippen MR) is 108 cm³/mol. The van der Waals surface area contributed by atoms with Gasteiger partial charge in [0.15, 0.2) is 0 Å². The van der Waals surface area contributed by atoms with Gasteiger partial charge in [0.1, 0.15) is 0 Å². The van der Waals surface area contributed by atoms with Gasteiger partial charge in [0.25, 0.3) is 0 Å². The SMILES string of the molecule is CC.CCc1c(C)cc(C2CN(c3c(C)cccc3Cl)C2)cc1C. The van der Waals surface area contributed by atoms with Crippen LogP contribution in [0.4, 0.5) is 5.69 Å². The number of halogens is 1. The Kier molecular flexibility index (Phi) is 6.34. The second-order valence-corrected chi connectivity index (χ2v) is 6.90. The van der Waals surface area contributed by atoms with E-state index in [9.17, 15) is 0 Å². The molecule has 2 aromatic carbocycles. The fraction of sp³-hybridized carbons (Fsp3) is 0.455. The highest BCUT2D eigenvalue weighted by atomic mass is 35.5. The maximum atomic E-state index is 6.38. The van der Waals surface area contributed by atoms with Crippen LogP contribution in [0.1, 0.15) is 54.5 Å². The Morgan fingerprint density at radius 1 is 1.00 bits per heavy atom. The zero-order valence-corrected chi connectivity index (χ0v) is 16.7. The van der Waals surface area contributed by atoms with E-state index in [0.717, 1.165) is 24.5 Å². The third-order valence-electron chi connectivity index (χ3n) is 4.93. The van der Waals surface area contributed by atoms with Crippen LogP contribution in [0.5, 0.6) is 0 Å². The minimum atomic E-state index is 0.624. The van der Waals surface area contributed by atoms with Gasteiger partial charge >= 0.3 is 0 Å². The summed E-state index contributed by atoms with van der Waals surface area (Å²) in [6.45, 7) is 15.0. The summed E-state index contributed by atoms with van der Waals surface area (Å²) in [6, 6.07) is 10.9. The lowest BCUT2D eigenvalue weighted by molar-refractivity contribution is 0.523. The Labute approximate surface area is 152 Å². The van der Waals surface area contributed by atoms with Gasteiger partial charge in [-0.1, -0.05) is 56.6 Å². The van der Waals surface area contributed by atoms with Crippen LogP contribution in [-0.2, 0) is 6.42 Å². The fourth-order valence-electron chi connectivity index (χ4n) is 3.72. The van der Waals surface area contributed by atoms with E-state index >= 15 is 0 Å². The highest BCUT2D eigenvalue weighted by Crippen LogP contribution is 2.38. The number of para-hydroxylation sites is 1. The number of hydrogen-bond acceptors (Lipinski definition) is 1. The molecule has 0 aliphatic carbocycles. The first-order valence-electron chi connectivity index (χ1n) is 9.11. The van der Waals surface area contributed by atoms with E-state index < -0.39 is 0 Å². The summed E-state index contributed by atoms with van der Waals surface area (Å²) in [5, 5.41) is 0.868. The number of hydrogen-bond donors (Lipinski definition) is 0. The zero-order chi connectivity index (χ0) is 17.9. The van der Waals surface area contributed by atoms with Crippen molar-refractivity contribution in [2.24, 2.45) is 0 Å². The monoisotopic (exact) mass is 343 g/mol. The van der Waals surface area contributed by atoms with E-state index in [1.165, 1.54) is 33.5 Å². The molecule has 0 amide bonds. The molecular weight excluding hydrogens is 314 g/mol. The van der Waals surface area contributed by atoms with Crippen LogP contribution in [0.25, 0.3) is 0 Å². The minimum absolute atomic E-state index is 0.624. The molecule has 0 bridgehead atoms. The van der Waals surface area contributed by atoms with E-state index in [1.807, 2.05) is 26.0 Å². The van der Waals surface area contributed by atoms with Crippen molar-refractivity contribution in [3.05, 3.63) is 63.2 Å². The van der Waals surface area contributed by atoms with Gasteiger partial charge in [-0.2, -0.15) is 0 Å². The van der Waals surface area contributed by atoms with Crippen LogP contribution < -0.4 is 4.90 Å². The van der Waals surface area contributed by atoms with Crippen LogP contribution in [0.3, 0.4) is 0 Å². The molecule has 1 aliphatic rings. The largest absolute Gasteiger partial charge is 0.369 e. The van der Waals surface area contributed by atoms with Gasteiger partial charge in [0.2, 0.25) is 0 Å². The highest BCUT2D eigenvalue weighted by Gasteiger charge is 2.30. The van der Waals surface area contributed by atoms with Gasteiger partial charge in [-0.15, -0.1) is 0 Å². The number of anilines is 1. The Hall–Kier alpha value is -1.47. The quantitative estimate of drug-likeness (QED) is 0.618. The summed E-state index contributed by atoms with van der Waals surface area (Å²) in [5.41, 5.74) is 8.32. The number of aryl methyl sites for hydroxylation is 3. The molecule has 2 heteroatoms. The molecule has 0 radical (unpaired) electrons. The number of rotatable bonds is 3. The lowest BCUT2D eigenvalue weighted by Gasteiger charge is -2.43. The Morgan fingerprint density at radius 3 is 2.08 bits per heavy atom. The predicted octanol–water partition coefficient (Wildman–Crippen LogP) is 6.46. The molecule has 1 nitrogen and oxygen atoms in total. The molecule has 0 atom stereocenters. The lowest BCUT2D eigenvalue weighted by Crippen LogP contribution is -2.45. The first-order valence-corrected chi connectivity index (χ1v) is 9.49. The normalized spacial score (nSPS) is 14.0. The van der Waals surface area contributed by atoms with E-state index in [2.05, 4.69) is 50.8 Å². The van der Waals surface area contributed by atoms with E-state index in [-0.39, 0.29) is 0 Å². The Bertz CT molecular complexity index is 656. The van der Waals surface area contributed by atoms with Crippen molar-refractivity contribution >= 4 is 17.3 Å². The lowest BCUT2D eigenvalue weighted by atomic mass is 9.86. The van der Waals surface area contributed by atoms with Crippen molar-refractivity contribution in [3.63, 3.8) is 0 Å². The molecule has 0 N–H and O–H groups in total. The molecular formula is C22H30ClN. The van der Waals surface area contributed by atoms with Gasteiger partial charge in [0.05, 0.1) is 10.7 Å². The van der Waals surface area contributed by atoms with Crippen molar-refractivity contribution in [3.8, 4) is 0 Å². The molecule has 24 heavy (non-hydrogen) atoms. The second-order valence-electron chi connectivity index (χ2n) is 6.49. The van der Waals surface area contributed by atoms with Gasteiger partial charge < -0.3 is 4.90 Å². The number of nitrogens with zero attached hydrogens (tertiary/aromatic N) is 1. The molecule has 1 fully saturated rings. The first-order chi connectivity index (χ1) is 11.5. The van der Waals surface area contributed by atoms with Gasteiger partial charge in [-0.25, -0.2) is 0 Å². The Balaban J connectivity index is 0.00000100. The van der Waals surface area contributed by atoms with Crippen molar-refractivity contribution in [1.29, 1.82) is 0 Å². The summed E-state index contributed by atoms with van der Waals surface area (Å²) >= 11 is 6.38.